The SMILES string of the molecule is CCNC(CC)c1nnn(-c2ccc(C)cc2)c1CC. The summed E-state index contributed by atoms with van der Waals surface area (Å²) in [5, 5.41) is 12.3. The third kappa shape index (κ3) is 2.90. The first-order valence-electron chi connectivity index (χ1n) is 7.46. The molecule has 0 aliphatic rings. The van der Waals surface area contributed by atoms with Gasteiger partial charge in [0.25, 0.3) is 0 Å². The summed E-state index contributed by atoms with van der Waals surface area (Å²) >= 11 is 0. The molecule has 0 spiro atoms. The summed E-state index contributed by atoms with van der Waals surface area (Å²) in [5.74, 6) is 0. The van der Waals surface area contributed by atoms with Crippen LogP contribution in [0, 0.1) is 6.92 Å². The highest BCUT2D eigenvalue weighted by Gasteiger charge is 2.19. The Morgan fingerprint density at radius 1 is 1.15 bits per heavy atom. The molecule has 0 saturated heterocycles. The summed E-state index contributed by atoms with van der Waals surface area (Å²) in [6.07, 6.45) is 1.95. The third-order valence-electron chi connectivity index (χ3n) is 3.60. The zero-order chi connectivity index (χ0) is 14.5. The van der Waals surface area contributed by atoms with Crippen LogP contribution < -0.4 is 5.32 Å². The van der Waals surface area contributed by atoms with Crippen LogP contribution in [-0.4, -0.2) is 21.5 Å². The average molecular weight is 272 g/mol. The van der Waals surface area contributed by atoms with Gasteiger partial charge in [-0.15, -0.1) is 5.10 Å². The molecule has 0 bridgehead atoms. The minimum Gasteiger partial charge on any atom is -0.309 e. The summed E-state index contributed by atoms with van der Waals surface area (Å²) in [7, 11) is 0. The van der Waals surface area contributed by atoms with E-state index in [-0.39, 0.29) is 6.04 Å². The molecule has 4 heteroatoms. The maximum atomic E-state index is 4.43. The predicted molar refractivity (Wildman–Crippen MR) is 82.2 cm³/mol. The second-order valence-electron chi connectivity index (χ2n) is 5.04. The molecule has 4 nitrogen and oxygen atoms in total. The molecular weight excluding hydrogens is 248 g/mol. The Hall–Kier alpha value is -1.68. The monoisotopic (exact) mass is 272 g/mol. The lowest BCUT2D eigenvalue weighted by atomic mass is 10.1. The topological polar surface area (TPSA) is 42.7 Å². The number of aryl methyl sites for hydroxylation is 1. The van der Waals surface area contributed by atoms with Crippen molar-refractivity contribution >= 4 is 0 Å². The second kappa shape index (κ2) is 6.66. The Kier molecular flexibility index (Phi) is 4.90. The van der Waals surface area contributed by atoms with Crippen LogP contribution in [0.1, 0.15) is 50.2 Å². The normalized spacial score (nSPS) is 12.6. The second-order valence-corrected chi connectivity index (χ2v) is 5.04. The van der Waals surface area contributed by atoms with Crippen molar-refractivity contribution in [3.63, 3.8) is 0 Å². The minimum absolute atomic E-state index is 0.286. The summed E-state index contributed by atoms with van der Waals surface area (Å²) in [6.45, 7) is 9.50. The third-order valence-corrected chi connectivity index (χ3v) is 3.60. The highest BCUT2D eigenvalue weighted by Crippen LogP contribution is 2.21. The van der Waals surface area contributed by atoms with Crippen LogP contribution in [0.5, 0.6) is 0 Å². The molecule has 108 valence electrons. The number of benzene rings is 1. The van der Waals surface area contributed by atoms with Gasteiger partial charge in [0.15, 0.2) is 0 Å². The number of aromatic nitrogens is 3. The van der Waals surface area contributed by atoms with Crippen LogP contribution in [0.3, 0.4) is 0 Å². The quantitative estimate of drug-likeness (QED) is 0.878. The van der Waals surface area contributed by atoms with Crippen molar-refractivity contribution in [2.24, 2.45) is 0 Å². The van der Waals surface area contributed by atoms with Crippen molar-refractivity contribution in [3.8, 4) is 5.69 Å². The van der Waals surface area contributed by atoms with E-state index in [1.807, 2.05) is 4.68 Å². The van der Waals surface area contributed by atoms with E-state index in [4.69, 9.17) is 0 Å². The molecule has 0 radical (unpaired) electrons. The Balaban J connectivity index is 2.40. The highest BCUT2D eigenvalue weighted by molar-refractivity contribution is 5.36. The van der Waals surface area contributed by atoms with Crippen molar-refractivity contribution in [2.45, 2.75) is 46.6 Å². The summed E-state index contributed by atoms with van der Waals surface area (Å²) in [5.41, 5.74) is 4.61. The Morgan fingerprint density at radius 2 is 1.85 bits per heavy atom. The van der Waals surface area contributed by atoms with Gasteiger partial charge in [-0.05, 0) is 38.4 Å². The zero-order valence-corrected chi connectivity index (χ0v) is 12.8. The molecule has 0 aliphatic heterocycles. The van der Waals surface area contributed by atoms with E-state index in [1.54, 1.807) is 0 Å². The van der Waals surface area contributed by atoms with E-state index in [9.17, 15) is 0 Å². The van der Waals surface area contributed by atoms with E-state index in [1.165, 1.54) is 11.3 Å². The van der Waals surface area contributed by atoms with Gasteiger partial charge in [0.05, 0.1) is 17.4 Å². The fourth-order valence-electron chi connectivity index (χ4n) is 2.49. The van der Waals surface area contributed by atoms with E-state index < -0.39 is 0 Å². The largest absolute Gasteiger partial charge is 0.309 e. The summed E-state index contributed by atoms with van der Waals surface area (Å²) in [6, 6.07) is 8.70. The molecule has 1 aromatic carbocycles. The summed E-state index contributed by atoms with van der Waals surface area (Å²) in [4.78, 5) is 0. The summed E-state index contributed by atoms with van der Waals surface area (Å²) < 4.78 is 1.97. The molecule has 2 aromatic rings. The van der Waals surface area contributed by atoms with Gasteiger partial charge < -0.3 is 5.32 Å². The first kappa shape index (κ1) is 14.7. The van der Waals surface area contributed by atoms with Crippen LogP contribution in [0.25, 0.3) is 5.69 Å². The van der Waals surface area contributed by atoms with E-state index in [2.05, 4.69) is 67.6 Å². The molecule has 1 atom stereocenters. The van der Waals surface area contributed by atoms with Crippen molar-refractivity contribution in [3.05, 3.63) is 41.2 Å². The Bertz CT molecular complexity index is 542. The van der Waals surface area contributed by atoms with Gasteiger partial charge in [0.2, 0.25) is 0 Å². The maximum Gasteiger partial charge on any atom is 0.103 e. The Labute approximate surface area is 121 Å². The molecule has 1 N–H and O–H groups in total. The van der Waals surface area contributed by atoms with Crippen molar-refractivity contribution in [2.75, 3.05) is 6.54 Å². The fourth-order valence-corrected chi connectivity index (χ4v) is 2.49. The molecular formula is C16H24N4. The van der Waals surface area contributed by atoms with Gasteiger partial charge in [-0.25, -0.2) is 4.68 Å². The van der Waals surface area contributed by atoms with Crippen molar-refractivity contribution < 1.29 is 0 Å². The number of nitrogens with one attached hydrogen (secondary N) is 1. The van der Waals surface area contributed by atoms with Crippen LogP contribution >= 0.6 is 0 Å². The number of hydrogen-bond donors (Lipinski definition) is 1. The van der Waals surface area contributed by atoms with Gasteiger partial charge >= 0.3 is 0 Å². The lowest BCUT2D eigenvalue weighted by molar-refractivity contribution is 0.520. The van der Waals surface area contributed by atoms with Gasteiger partial charge in [-0.3, -0.25) is 0 Å². The van der Waals surface area contributed by atoms with E-state index in [0.29, 0.717) is 0 Å². The van der Waals surface area contributed by atoms with Crippen LogP contribution in [0.2, 0.25) is 0 Å². The fraction of sp³-hybridized carbons (Fsp3) is 0.500. The molecule has 1 aromatic heterocycles. The molecule has 0 aliphatic carbocycles. The van der Waals surface area contributed by atoms with Gasteiger partial charge in [-0.1, -0.05) is 43.7 Å². The highest BCUT2D eigenvalue weighted by atomic mass is 15.4. The first-order valence-corrected chi connectivity index (χ1v) is 7.46. The van der Waals surface area contributed by atoms with E-state index >= 15 is 0 Å². The lowest BCUT2D eigenvalue weighted by Gasteiger charge is -2.15. The minimum atomic E-state index is 0.286. The predicted octanol–water partition coefficient (Wildman–Crippen LogP) is 3.20. The lowest BCUT2D eigenvalue weighted by Crippen LogP contribution is -2.21. The number of rotatable bonds is 6. The zero-order valence-electron chi connectivity index (χ0n) is 12.8. The Morgan fingerprint density at radius 3 is 2.40 bits per heavy atom. The first-order chi connectivity index (χ1) is 9.71. The molecule has 1 unspecified atom stereocenters. The van der Waals surface area contributed by atoms with Gasteiger partial charge in [0, 0.05) is 0 Å². The van der Waals surface area contributed by atoms with Gasteiger partial charge in [0.1, 0.15) is 5.69 Å². The average Bonchev–Trinajstić information content (AvgIpc) is 2.89. The van der Waals surface area contributed by atoms with Crippen LogP contribution in [0.4, 0.5) is 0 Å². The van der Waals surface area contributed by atoms with Gasteiger partial charge in [-0.2, -0.15) is 0 Å². The maximum absolute atomic E-state index is 4.43. The number of nitrogens with zero attached hydrogens (tertiary/aromatic N) is 3. The molecule has 20 heavy (non-hydrogen) atoms. The van der Waals surface area contributed by atoms with E-state index in [0.717, 1.165) is 30.8 Å². The van der Waals surface area contributed by atoms with Crippen LogP contribution in [0.15, 0.2) is 24.3 Å². The molecule has 0 fully saturated rings. The van der Waals surface area contributed by atoms with Crippen molar-refractivity contribution in [1.82, 2.24) is 20.3 Å². The number of hydrogen-bond acceptors (Lipinski definition) is 3. The van der Waals surface area contributed by atoms with Crippen molar-refractivity contribution in [1.29, 1.82) is 0 Å². The smallest absolute Gasteiger partial charge is 0.103 e. The molecule has 0 amide bonds. The molecule has 0 saturated carbocycles. The molecule has 1 heterocycles. The standard InChI is InChI=1S/C16H24N4/c1-5-14(17-7-3)16-15(6-2)20(19-18-16)13-10-8-12(4)9-11-13/h8-11,14,17H,5-7H2,1-4H3. The van der Waals surface area contributed by atoms with Crippen LogP contribution in [-0.2, 0) is 6.42 Å². The molecule has 2 rings (SSSR count).